The van der Waals surface area contributed by atoms with Crippen LogP contribution in [0.1, 0.15) is 5.56 Å². The second-order valence-electron chi connectivity index (χ2n) is 37.6. The Morgan fingerprint density at radius 3 is 1.00 bits per heavy atom. The van der Waals surface area contributed by atoms with Gasteiger partial charge in [0.05, 0.1) is 101 Å². The van der Waals surface area contributed by atoms with Gasteiger partial charge in [-0.05, 0) is 164 Å². The van der Waals surface area contributed by atoms with Crippen molar-refractivity contribution >= 4 is 225 Å². The third-order valence-electron chi connectivity index (χ3n) is 29.9. The van der Waals surface area contributed by atoms with E-state index in [1.54, 1.807) is 0 Å². The van der Waals surface area contributed by atoms with Crippen molar-refractivity contribution in [2.75, 3.05) is 39.7 Å². The molecule has 2 unspecified atom stereocenters. The van der Waals surface area contributed by atoms with Crippen LogP contribution in [0.4, 0.5) is 102 Å². The monoisotopic (exact) mass is 1940 g/mol. The number of para-hydroxylation sites is 26. The van der Waals surface area contributed by atoms with Crippen LogP contribution in [0.5, 0.6) is 0 Å². The van der Waals surface area contributed by atoms with E-state index in [0.29, 0.717) is 0 Å². The van der Waals surface area contributed by atoms with Gasteiger partial charge < -0.3 is 28.1 Å². The van der Waals surface area contributed by atoms with Crippen molar-refractivity contribution in [3.63, 3.8) is 0 Å². The van der Waals surface area contributed by atoms with Crippen molar-refractivity contribution in [3.8, 4) is 17.1 Å². The third-order valence-corrected chi connectivity index (χ3v) is 43.7. The van der Waals surface area contributed by atoms with Crippen molar-refractivity contribution in [2.24, 2.45) is 0 Å². The minimum atomic E-state index is -3.90. The van der Waals surface area contributed by atoms with Crippen LogP contribution >= 0.6 is 0 Å². The first-order valence-electron chi connectivity index (χ1n) is 49.4. The van der Waals surface area contributed by atoms with Crippen LogP contribution < -0.4 is 49.3 Å². The molecule has 0 fully saturated rings. The second-order valence-corrected chi connectivity index (χ2v) is 47.5. The van der Waals surface area contributed by atoms with Crippen LogP contribution in [0.15, 0.2) is 510 Å². The van der Waals surface area contributed by atoms with Crippen LogP contribution in [0.2, 0.25) is 0 Å². The Morgan fingerprint density at radius 2 is 0.510 bits per heavy atom. The maximum atomic E-state index is 5.22. The summed E-state index contributed by atoms with van der Waals surface area (Å²) in [5, 5.41) is 1.30. The summed E-state index contributed by atoms with van der Waals surface area (Å²) in [5.74, 6) is 2.73. The van der Waals surface area contributed by atoms with Gasteiger partial charge in [-0.2, -0.15) is 0 Å². The van der Waals surface area contributed by atoms with Crippen molar-refractivity contribution in [1.82, 2.24) is 41.9 Å². The number of hydrogen-bond donors (Lipinski definition) is 0. The van der Waals surface area contributed by atoms with Gasteiger partial charge in [-0.25, -0.2) is 9.97 Å². The molecule has 18 nitrogen and oxygen atoms in total. The van der Waals surface area contributed by atoms with E-state index in [4.69, 9.17) is 15.0 Å². The molecule has 0 radical (unpaired) electrons. The molecule has 21 heteroatoms. The molecule has 0 bridgehead atoms. The molecule has 0 saturated carbocycles. The Hall–Kier alpha value is -18.8. The van der Waals surface area contributed by atoms with Crippen LogP contribution in [0.25, 0.3) is 101 Å². The van der Waals surface area contributed by atoms with Gasteiger partial charge in [0.2, 0.25) is 11.6 Å². The average molecular weight is 1940 g/mol. The molecule has 20 aromatic carbocycles. The Kier molecular flexibility index (Phi) is 18.2. The normalized spacial score (nSPS) is 15.5. The molecule has 26 aromatic rings. The molecular formula is C124H87BGeN18Si. The first kappa shape index (κ1) is 82.2. The van der Waals surface area contributed by atoms with Crippen LogP contribution in [-0.2, 0) is 0 Å². The van der Waals surface area contributed by atoms with E-state index in [2.05, 4.69) is 583 Å². The van der Waals surface area contributed by atoms with Crippen molar-refractivity contribution in [3.05, 3.63) is 515 Å². The van der Waals surface area contributed by atoms with Gasteiger partial charge in [0.25, 0.3) is 0 Å². The molecule has 0 N–H and O–H groups in total. The summed E-state index contributed by atoms with van der Waals surface area (Å²) in [5.41, 5.74) is 39.0. The maximum absolute atomic E-state index is 5.22. The number of aromatic nitrogens is 9. The molecule has 6 aliphatic rings. The van der Waals surface area contributed by atoms with Crippen molar-refractivity contribution < 1.29 is 0 Å². The Morgan fingerprint density at radius 1 is 0.207 bits per heavy atom. The van der Waals surface area contributed by atoms with E-state index < -0.39 is 22.5 Å². The molecule has 32 rings (SSSR count). The second kappa shape index (κ2) is 32.1. The fraction of sp³-hybridized carbons (Fsp3) is 0.00806. The molecule has 6 aromatic heterocycles. The summed E-state index contributed by atoms with van der Waals surface area (Å²) >= 11 is -3.90. The molecule has 6 aliphatic heterocycles. The Bertz CT molecular complexity index is 9290. The number of hydrogen-bond acceptors (Lipinski definition) is 12. The first-order chi connectivity index (χ1) is 71.9. The van der Waals surface area contributed by atoms with Crippen LogP contribution in [0.3, 0.4) is 0 Å². The van der Waals surface area contributed by atoms with Gasteiger partial charge in [-0.1, -0.05) is 176 Å². The van der Waals surface area contributed by atoms with E-state index in [0.717, 1.165) is 123 Å². The van der Waals surface area contributed by atoms with E-state index in [-0.39, 0.29) is 7.12 Å². The fourth-order valence-electron chi connectivity index (χ4n) is 24.3. The number of fused-ring (bicyclic) bond motifs is 30. The van der Waals surface area contributed by atoms with Gasteiger partial charge in [0.15, 0.2) is 0 Å². The van der Waals surface area contributed by atoms with Gasteiger partial charge >= 0.3 is 309 Å². The van der Waals surface area contributed by atoms with Crippen LogP contribution in [0, 0.1) is 6.92 Å². The van der Waals surface area contributed by atoms with Crippen LogP contribution in [-0.4, -0.2) is 71.5 Å². The summed E-state index contributed by atoms with van der Waals surface area (Å²) in [6, 6.07) is 184. The first-order valence-corrected chi connectivity index (χ1v) is 55.1. The summed E-state index contributed by atoms with van der Waals surface area (Å²) < 4.78 is 31.3. The molecule has 0 amide bonds. The summed E-state index contributed by atoms with van der Waals surface area (Å²) in [6.45, 7) is 2.14. The quantitative estimate of drug-likeness (QED) is 0.115. The summed E-state index contributed by atoms with van der Waals surface area (Å²) in [6.07, 6.45) is 0. The van der Waals surface area contributed by atoms with E-state index in [1.807, 2.05) is 0 Å². The number of aryl methyl sites for hydroxylation is 1. The van der Waals surface area contributed by atoms with Crippen molar-refractivity contribution in [1.29, 1.82) is 0 Å². The zero-order valence-corrected chi connectivity index (χ0v) is 81.7. The number of rotatable bonds is 11. The van der Waals surface area contributed by atoms with E-state index in [9.17, 15) is 0 Å². The van der Waals surface area contributed by atoms with E-state index in [1.165, 1.54) is 94.8 Å². The molecule has 12 heterocycles. The van der Waals surface area contributed by atoms with Gasteiger partial charge in [0, 0.05) is 27.9 Å². The number of benzene rings is 20. The molecular weight excluding hydrogens is 1850 g/mol. The summed E-state index contributed by atoms with van der Waals surface area (Å²) in [4.78, 5) is 23.0. The minimum absolute atomic E-state index is 0.101. The number of nitrogens with zero attached hydrogens (tertiary/aromatic N) is 18. The predicted molar refractivity (Wildman–Crippen MR) is 600 cm³/mol. The Balaban J connectivity index is 0.000000101. The number of anilines is 18. The average Bonchev–Trinajstić information content (AvgIpc) is 1.50. The van der Waals surface area contributed by atoms with Crippen molar-refractivity contribution in [2.45, 2.75) is 6.92 Å². The standard InChI is InChI=1S/C43H30GeN6.C43H30N6Si.C38H27BN6/c1-3-16-31(17-4-1)44-48(32-18-5-2-6-19-32)39-26-11-13-28-41(39)50(44)42-29-14-12-27-40(42)49(44)34-21-15-20-33(30-34)46-37-24-9-10-25-38(37)47-36-23-8-7-22-35(36)45-43(46)47;1-3-16-31(17-4-1)47-39-26-11-13-28-41(39)49-42-29-14-12-27-40(42)48(50(47,49)34-20-5-2-6-21-34)33-19-15-18-32(30-33)45-37-24-9-10-25-38(37)46-36-23-8-7-22-35(36)44-43(45)46;1-26-13-11-24-36-37(26)40-38-41(30-18-5-6-19-31(30)42(36)38)28-16-12-17-29(25-28)44-33-21-8-10-23-35(33)45-34-22-9-7-20-32(34)43(39(44)45)27-14-3-2-4-15-27/h2*1-30H;2-25H,1H3. The van der Waals surface area contributed by atoms with Gasteiger partial charge in [0.1, 0.15) is 0 Å². The molecule has 0 aliphatic carbocycles. The Labute approximate surface area is 839 Å². The molecule has 2 atom stereocenters. The molecule has 684 valence electrons. The topological polar surface area (TPSA) is 95.8 Å². The molecule has 145 heavy (non-hydrogen) atoms. The fourth-order valence-corrected chi connectivity index (χ4v) is 40.2. The molecule has 0 saturated heterocycles. The zero-order chi connectivity index (χ0) is 95.3. The van der Waals surface area contributed by atoms with E-state index >= 15 is 0 Å². The number of imidazole rings is 6. The predicted octanol–water partition coefficient (Wildman–Crippen LogP) is 28.6. The zero-order valence-electron chi connectivity index (χ0n) is 78.6. The molecule has 0 spiro atoms. The van der Waals surface area contributed by atoms with Gasteiger partial charge in [-0.3, -0.25) is 17.9 Å². The SMILES string of the molecule is Cc1cccc2c1nc1n(-c3cccc(N4B5N(c6ccccc6)c6ccccc6N5c5ccccc54)c3)c3ccccc3n21.c1ccc(N2c3ccccc3N3c4ccccc4N(c4cccc(-n5c6ccccc6n6c7ccccc7nc56)c4)[Si]23c2ccccc2)cc1.c1ccc([N]2c3ccccc3[N]3c4ccccc4[N](c4cccc(-n5c6ccccc6n6c7ccccc7nc56)c4)[Ge]23[c]2ccccc2)cc1. The third kappa shape index (κ3) is 11.8. The summed E-state index contributed by atoms with van der Waals surface area (Å²) in [7, 11) is -3.20. The van der Waals surface area contributed by atoms with Gasteiger partial charge in [-0.15, -0.1) is 0 Å².